The average Bonchev–Trinajstić information content (AvgIpc) is 3.14. The van der Waals surface area contributed by atoms with Gasteiger partial charge in [0, 0.05) is 37.3 Å². The summed E-state index contributed by atoms with van der Waals surface area (Å²) in [5.74, 6) is 1.78. The van der Waals surface area contributed by atoms with Crippen LogP contribution >= 0.6 is 24.8 Å². The van der Waals surface area contributed by atoms with E-state index in [1.165, 1.54) is 70.2 Å². The van der Waals surface area contributed by atoms with Crippen molar-refractivity contribution in [3.63, 3.8) is 0 Å². The van der Waals surface area contributed by atoms with Crippen LogP contribution in [0.3, 0.4) is 0 Å². The van der Waals surface area contributed by atoms with E-state index in [0.29, 0.717) is 0 Å². The van der Waals surface area contributed by atoms with Gasteiger partial charge in [0.15, 0.2) is 0 Å². The Hall–Kier alpha value is -3.60. The van der Waals surface area contributed by atoms with Crippen LogP contribution in [-0.2, 0) is 0 Å². The van der Waals surface area contributed by atoms with Crippen molar-refractivity contribution in [1.29, 1.82) is 0 Å². The second-order valence-corrected chi connectivity index (χ2v) is 15.4. The lowest BCUT2D eigenvalue weighted by molar-refractivity contribution is 0.0671. The predicted molar refractivity (Wildman–Crippen MR) is 222 cm³/mol. The second kappa shape index (κ2) is 18.4. The van der Waals surface area contributed by atoms with Crippen LogP contribution < -0.4 is 0 Å². The van der Waals surface area contributed by atoms with Crippen LogP contribution in [0.1, 0.15) is 105 Å². The van der Waals surface area contributed by atoms with E-state index in [4.69, 9.17) is 0 Å². The first-order valence-corrected chi connectivity index (χ1v) is 19.0. The van der Waals surface area contributed by atoms with Gasteiger partial charge in [0.2, 0.25) is 0 Å². The molecule has 2 saturated heterocycles. The van der Waals surface area contributed by atoms with E-state index in [9.17, 15) is 9.59 Å². The van der Waals surface area contributed by atoms with Gasteiger partial charge in [-0.15, -0.1) is 24.8 Å². The number of piperidine rings is 2. The van der Waals surface area contributed by atoms with Crippen LogP contribution in [0.5, 0.6) is 0 Å². The Labute approximate surface area is 325 Å². The highest BCUT2D eigenvalue weighted by Crippen LogP contribution is 2.30. The molecule has 0 radical (unpaired) electrons. The van der Waals surface area contributed by atoms with Gasteiger partial charge in [-0.05, 0) is 159 Å². The molecule has 4 aromatic carbocycles. The number of carbonyl (C=O) groups is 2. The molecule has 2 heterocycles. The molecule has 0 saturated carbocycles. The average molecular weight is 742 g/mol. The third kappa shape index (κ3) is 9.68. The molecule has 52 heavy (non-hydrogen) atoms. The van der Waals surface area contributed by atoms with E-state index >= 15 is 0 Å². The third-order valence-electron chi connectivity index (χ3n) is 12.1. The molecule has 4 nitrogen and oxygen atoms in total. The first-order valence-electron chi connectivity index (χ1n) is 19.0. The number of aryl methyl sites for hydroxylation is 4. The van der Waals surface area contributed by atoms with Gasteiger partial charge in [-0.2, -0.15) is 0 Å². The first kappa shape index (κ1) is 41.2. The number of unbranched alkanes of at least 4 members (excludes halogenated alkanes) is 1. The lowest BCUT2D eigenvalue weighted by atomic mass is 9.87. The van der Waals surface area contributed by atoms with Crippen molar-refractivity contribution in [1.82, 2.24) is 9.80 Å². The summed E-state index contributed by atoms with van der Waals surface area (Å²) in [4.78, 5) is 30.7. The molecule has 2 fully saturated rings. The van der Waals surface area contributed by atoms with Crippen molar-refractivity contribution in [2.75, 3.05) is 26.2 Å². The fourth-order valence-electron chi connectivity index (χ4n) is 8.10. The summed E-state index contributed by atoms with van der Waals surface area (Å²) in [7, 11) is 0. The highest BCUT2D eigenvalue weighted by molar-refractivity contribution is 5.95. The minimum absolute atomic E-state index is 0. The summed E-state index contributed by atoms with van der Waals surface area (Å²) >= 11 is 0. The van der Waals surface area contributed by atoms with E-state index in [2.05, 4.69) is 99.9 Å². The van der Waals surface area contributed by atoms with E-state index in [-0.39, 0.29) is 36.6 Å². The van der Waals surface area contributed by atoms with Crippen molar-refractivity contribution >= 4 is 36.6 Å². The molecule has 2 aliphatic rings. The zero-order valence-corrected chi connectivity index (χ0v) is 33.7. The second-order valence-electron chi connectivity index (χ2n) is 15.4. The number of hydrogen-bond acceptors (Lipinski definition) is 2. The topological polar surface area (TPSA) is 40.6 Å². The Morgan fingerprint density at radius 3 is 1.06 bits per heavy atom. The molecule has 278 valence electrons. The van der Waals surface area contributed by atoms with Gasteiger partial charge in [0.05, 0.1) is 0 Å². The Morgan fingerprint density at radius 2 is 0.769 bits per heavy atom. The van der Waals surface area contributed by atoms with Gasteiger partial charge in [-0.25, -0.2) is 0 Å². The van der Waals surface area contributed by atoms with Crippen molar-refractivity contribution in [2.45, 2.75) is 92.9 Å². The molecule has 0 N–H and O–H groups in total. The highest BCUT2D eigenvalue weighted by atomic mass is 35.5. The lowest BCUT2D eigenvalue weighted by Gasteiger charge is -2.33. The van der Waals surface area contributed by atoms with Gasteiger partial charge >= 0.3 is 0 Å². The molecule has 0 spiro atoms. The zero-order valence-electron chi connectivity index (χ0n) is 32.1. The molecule has 0 bridgehead atoms. The minimum atomic E-state index is 0. The Balaban J connectivity index is 0.00000302. The molecular weight excluding hydrogens is 683 g/mol. The highest BCUT2D eigenvalue weighted by Gasteiger charge is 2.25. The molecular formula is C46H58Cl2N2O2. The molecule has 4 aromatic rings. The summed E-state index contributed by atoms with van der Waals surface area (Å²) in [6.07, 6.45) is 9.50. The van der Waals surface area contributed by atoms with Crippen molar-refractivity contribution in [2.24, 2.45) is 11.8 Å². The number of hydrogen-bond donors (Lipinski definition) is 0. The summed E-state index contributed by atoms with van der Waals surface area (Å²) < 4.78 is 0. The van der Waals surface area contributed by atoms with E-state index in [1.54, 1.807) is 0 Å². The standard InChI is InChI=1S/C46H56N2O2.2ClH/c1-31-27-43(28-32(2)35(31)5)39-11-15-41(16-12-39)45(49)47-23-19-37(20-24-47)9-7-8-10-38-21-25-48(26-22-38)46(50)42-17-13-40(14-18-42)44-29-33(3)36(6)34(4)30-44;;/h11-18,27-30,37-38H,7-10,19-26H2,1-6H3;2*1H. The van der Waals surface area contributed by atoms with Crippen LogP contribution in [0.2, 0.25) is 0 Å². The van der Waals surface area contributed by atoms with Gasteiger partial charge in [-0.3, -0.25) is 9.59 Å². The van der Waals surface area contributed by atoms with Crippen LogP contribution in [0.25, 0.3) is 22.3 Å². The molecule has 0 aromatic heterocycles. The Morgan fingerprint density at radius 1 is 0.481 bits per heavy atom. The predicted octanol–water partition coefficient (Wildman–Crippen LogP) is 11.7. The van der Waals surface area contributed by atoms with Gasteiger partial charge in [0.25, 0.3) is 11.8 Å². The molecule has 6 heteroatoms. The zero-order chi connectivity index (χ0) is 35.4. The molecule has 0 atom stereocenters. The quantitative estimate of drug-likeness (QED) is 0.160. The Bertz CT molecular complexity index is 1640. The number of likely N-dealkylation sites (tertiary alicyclic amines) is 2. The van der Waals surface area contributed by atoms with Crippen LogP contribution in [0.15, 0.2) is 72.8 Å². The van der Waals surface area contributed by atoms with E-state index < -0.39 is 0 Å². The first-order chi connectivity index (χ1) is 24.1. The number of nitrogens with zero attached hydrogens (tertiary/aromatic N) is 2. The maximum absolute atomic E-state index is 13.3. The van der Waals surface area contributed by atoms with Gasteiger partial charge < -0.3 is 9.80 Å². The van der Waals surface area contributed by atoms with Crippen LogP contribution in [0, 0.1) is 53.4 Å². The van der Waals surface area contributed by atoms with Crippen LogP contribution in [0.4, 0.5) is 0 Å². The maximum atomic E-state index is 13.3. The normalized spacial score (nSPS) is 15.2. The molecule has 6 rings (SSSR count). The van der Waals surface area contributed by atoms with Gasteiger partial charge in [-0.1, -0.05) is 74.2 Å². The third-order valence-corrected chi connectivity index (χ3v) is 12.1. The number of rotatable bonds is 9. The Kier molecular flexibility index (Phi) is 14.6. The smallest absolute Gasteiger partial charge is 0.253 e. The lowest BCUT2D eigenvalue weighted by Crippen LogP contribution is -2.38. The van der Waals surface area contributed by atoms with E-state index in [1.807, 2.05) is 24.3 Å². The monoisotopic (exact) mass is 740 g/mol. The van der Waals surface area contributed by atoms with Crippen molar-refractivity contribution in [3.8, 4) is 22.3 Å². The SMILES string of the molecule is Cc1cc(-c2ccc(C(=O)N3CCC(CCCCC4CCN(C(=O)c5ccc(-c6cc(C)c(C)c(C)c6)cc5)CC4)CC3)cc2)cc(C)c1C.Cl.Cl. The van der Waals surface area contributed by atoms with Crippen LogP contribution in [-0.4, -0.2) is 47.8 Å². The van der Waals surface area contributed by atoms with E-state index in [0.717, 1.165) is 86.0 Å². The van der Waals surface area contributed by atoms with Crippen molar-refractivity contribution < 1.29 is 9.59 Å². The molecule has 0 aliphatic carbocycles. The fourth-order valence-corrected chi connectivity index (χ4v) is 8.10. The maximum Gasteiger partial charge on any atom is 0.253 e. The molecule has 0 unspecified atom stereocenters. The number of benzene rings is 4. The molecule has 2 amide bonds. The molecule has 2 aliphatic heterocycles. The fraction of sp³-hybridized carbons (Fsp3) is 0.435. The largest absolute Gasteiger partial charge is 0.339 e. The minimum Gasteiger partial charge on any atom is -0.339 e. The number of amides is 2. The number of halogens is 2. The number of carbonyl (C=O) groups excluding carboxylic acids is 2. The summed E-state index contributed by atoms with van der Waals surface area (Å²) in [6, 6.07) is 25.3. The summed E-state index contributed by atoms with van der Waals surface area (Å²) in [5.41, 5.74) is 14.2. The van der Waals surface area contributed by atoms with Gasteiger partial charge in [0.1, 0.15) is 0 Å². The summed E-state index contributed by atoms with van der Waals surface area (Å²) in [5, 5.41) is 0. The van der Waals surface area contributed by atoms with Crippen molar-refractivity contribution in [3.05, 3.63) is 117 Å². The summed E-state index contributed by atoms with van der Waals surface area (Å²) in [6.45, 7) is 16.4.